The Balaban J connectivity index is 3.27. The van der Waals surface area contributed by atoms with Crippen LogP contribution in [-0.2, 0) is 4.74 Å². The number of ether oxygens (including phenoxy) is 1. The van der Waals surface area contributed by atoms with E-state index in [0.717, 1.165) is 19.2 Å². The van der Waals surface area contributed by atoms with E-state index in [-0.39, 0.29) is 11.1 Å². The highest BCUT2D eigenvalue weighted by Crippen LogP contribution is 2.55. The topological polar surface area (TPSA) is 33.0 Å². The highest BCUT2D eigenvalue weighted by molar-refractivity contribution is 5.39. The number of methoxy groups -OCH3 is 1. The largest absolute Gasteiger partial charge is 0.460 e. The molecule has 0 N–H and O–H groups in total. The Bertz CT molecular complexity index is 648. The summed E-state index contributed by atoms with van der Waals surface area (Å²) >= 11 is 0. The second-order valence-corrected chi connectivity index (χ2v) is 4.98. The minimum Gasteiger partial charge on any atom is -0.376 e. The van der Waals surface area contributed by atoms with Gasteiger partial charge in [0.2, 0.25) is 0 Å². The van der Waals surface area contributed by atoms with E-state index in [1.165, 1.54) is 12.1 Å². The summed E-state index contributed by atoms with van der Waals surface area (Å²) in [4.78, 5) is 0. The molecule has 0 fully saturated rings. The third-order valence-corrected chi connectivity index (χ3v) is 3.36. The molecule has 25 heavy (non-hydrogen) atoms. The van der Waals surface area contributed by atoms with Crippen molar-refractivity contribution >= 4 is 0 Å². The van der Waals surface area contributed by atoms with E-state index in [0.29, 0.717) is 0 Å². The first-order chi connectivity index (χ1) is 11.2. The molecule has 0 aliphatic carbocycles. The Hall–Kier alpha value is -1.96. The molecule has 0 saturated heterocycles. The number of nitriles is 1. The molecule has 1 unspecified atom stereocenters. The van der Waals surface area contributed by atoms with Crippen molar-refractivity contribution in [2.75, 3.05) is 7.11 Å². The smallest absolute Gasteiger partial charge is 0.376 e. The predicted octanol–water partition coefficient (Wildman–Crippen LogP) is 5.10. The molecule has 0 radical (unpaired) electrons. The first kappa shape index (κ1) is 21.1. The van der Waals surface area contributed by atoms with E-state index in [4.69, 9.17) is 5.26 Å². The molecule has 1 atom stereocenters. The number of hydrogen-bond acceptors (Lipinski definition) is 2. The second kappa shape index (κ2) is 6.74. The fourth-order valence-electron chi connectivity index (χ4n) is 1.97. The van der Waals surface area contributed by atoms with Gasteiger partial charge in [-0.15, -0.1) is 0 Å². The summed E-state index contributed by atoms with van der Waals surface area (Å²) in [5, 5.41) is 8.85. The molecule has 0 aliphatic rings. The van der Waals surface area contributed by atoms with Crippen LogP contribution in [0.3, 0.4) is 0 Å². The molecule has 1 rings (SSSR count). The molecule has 0 saturated carbocycles. The number of halogens is 9. The maximum absolute atomic E-state index is 13.7. The first-order valence-corrected chi connectivity index (χ1v) is 6.45. The summed E-state index contributed by atoms with van der Waals surface area (Å²) in [6, 6.07) is 6.22. The average Bonchev–Trinajstić information content (AvgIpc) is 2.51. The number of hydrogen-bond donors (Lipinski definition) is 0. The van der Waals surface area contributed by atoms with Crippen LogP contribution in [0.15, 0.2) is 24.3 Å². The third kappa shape index (κ3) is 3.68. The predicted molar refractivity (Wildman–Crippen MR) is 66.4 cm³/mol. The maximum atomic E-state index is 13.7. The molecular formula is C14H10F9NO. The minimum atomic E-state index is -6.96. The van der Waals surface area contributed by atoms with Gasteiger partial charge in [-0.05, 0) is 11.6 Å². The number of alkyl halides is 9. The van der Waals surface area contributed by atoms with Crippen molar-refractivity contribution < 1.29 is 44.3 Å². The Labute approximate surface area is 135 Å². The summed E-state index contributed by atoms with van der Waals surface area (Å²) in [6.45, 7) is 0. The lowest BCUT2D eigenvalue weighted by molar-refractivity contribution is -0.398. The van der Waals surface area contributed by atoms with Gasteiger partial charge in [0, 0.05) is 13.5 Å². The van der Waals surface area contributed by atoms with Crippen LogP contribution < -0.4 is 0 Å². The van der Waals surface area contributed by atoms with Crippen LogP contribution >= 0.6 is 0 Å². The molecule has 0 aromatic heterocycles. The van der Waals surface area contributed by atoms with E-state index in [1.54, 1.807) is 6.07 Å². The first-order valence-electron chi connectivity index (χ1n) is 6.45. The molecule has 2 nitrogen and oxygen atoms in total. The van der Waals surface area contributed by atoms with Gasteiger partial charge in [-0.3, -0.25) is 0 Å². The van der Waals surface area contributed by atoms with E-state index < -0.39 is 36.5 Å². The fourth-order valence-corrected chi connectivity index (χ4v) is 1.97. The average molecular weight is 379 g/mol. The Morgan fingerprint density at radius 3 is 1.92 bits per heavy atom. The molecule has 1 aromatic rings. The van der Waals surface area contributed by atoms with Crippen LogP contribution in [0.25, 0.3) is 0 Å². The summed E-state index contributed by atoms with van der Waals surface area (Å²) in [5.74, 6) is -19.5. The maximum Gasteiger partial charge on any atom is 0.460 e. The van der Waals surface area contributed by atoms with Crippen LogP contribution in [0.5, 0.6) is 0 Å². The van der Waals surface area contributed by atoms with Crippen LogP contribution in [0.4, 0.5) is 39.5 Å². The molecule has 0 amide bonds. The van der Waals surface area contributed by atoms with Crippen molar-refractivity contribution in [2.24, 2.45) is 0 Å². The monoisotopic (exact) mass is 379 g/mol. The summed E-state index contributed by atoms with van der Waals surface area (Å²) in [6.07, 6.45) is -11.1. The van der Waals surface area contributed by atoms with Crippen LogP contribution in [-0.4, -0.2) is 31.1 Å². The Kier molecular flexibility index (Phi) is 5.69. The van der Waals surface area contributed by atoms with Crippen molar-refractivity contribution in [2.45, 2.75) is 36.5 Å². The molecule has 0 bridgehead atoms. The van der Waals surface area contributed by atoms with Gasteiger partial charge in [-0.25, -0.2) is 0 Å². The van der Waals surface area contributed by atoms with Crippen molar-refractivity contribution in [3.63, 3.8) is 0 Å². The lowest BCUT2D eigenvalue weighted by Crippen LogP contribution is -2.61. The lowest BCUT2D eigenvalue weighted by Gasteiger charge is -2.35. The van der Waals surface area contributed by atoms with E-state index >= 15 is 0 Å². The summed E-state index contributed by atoms with van der Waals surface area (Å²) in [5.41, 5.74) is -0.630. The SMILES string of the molecule is COC(CC(F)(F)C(F)(F)C(F)(F)C(F)(F)F)c1ccccc1C#N. The zero-order valence-corrected chi connectivity index (χ0v) is 12.4. The van der Waals surface area contributed by atoms with Gasteiger partial charge >= 0.3 is 23.9 Å². The molecule has 0 heterocycles. The Morgan fingerprint density at radius 2 is 1.48 bits per heavy atom. The second-order valence-electron chi connectivity index (χ2n) is 4.98. The van der Waals surface area contributed by atoms with Crippen LogP contribution in [0.1, 0.15) is 23.7 Å². The molecule has 1 aromatic carbocycles. The minimum absolute atomic E-state index is 0.281. The molecule has 11 heteroatoms. The van der Waals surface area contributed by atoms with Gasteiger partial charge in [-0.2, -0.15) is 44.8 Å². The van der Waals surface area contributed by atoms with Crippen LogP contribution in [0.2, 0.25) is 0 Å². The number of rotatable bonds is 6. The fraction of sp³-hybridized carbons (Fsp3) is 0.500. The van der Waals surface area contributed by atoms with Gasteiger partial charge in [-0.1, -0.05) is 18.2 Å². The van der Waals surface area contributed by atoms with Crippen molar-refractivity contribution in [1.29, 1.82) is 5.26 Å². The van der Waals surface area contributed by atoms with E-state index in [9.17, 15) is 39.5 Å². The lowest BCUT2D eigenvalue weighted by atomic mass is 9.93. The zero-order valence-electron chi connectivity index (χ0n) is 12.4. The summed E-state index contributed by atoms with van der Waals surface area (Å²) in [7, 11) is 0.759. The van der Waals surface area contributed by atoms with Crippen molar-refractivity contribution in [3.8, 4) is 6.07 Å². The number of benzene rings is 1. The Morgan fingerprint density at radius 1 is 0.960 bits per heavy atom. The van der Waals surface area contributed by atoms with Gasteiger partial charge in [0.15, 0.2) is 0 Å². The number of nitrogens with zero attached hydrogens (tertiary/aromatic N) is 1. The van der Waals surface area contributed by atoms with Crippen molar-refractivity contribution in [3.05, 3.63) is 35.4 Å². The normalized spacial score (nSPS) is 14.9. The van der Waals surface area contributed by atoms with E-state index in [1.807, 2.05) is 0 Å². The quantitative estimate of drug-likeness (QED) is 0.644. The standard InChI is InChI=1S/C14H10F9NO/c1-25-10(9-5-3-2-4-8(9)7-24)6-11(15,16)12(17,18)13(19,20)14(21,22)23/h2-5,10H,6H2,1H3. The van der Waals surface area contributed by atoms with Gasteiger partial charge < -0.3 is 4.74 Å². The van der Waals surface area contributed by atoms with Crippen LogP contribution in [0, 0.1) is 11.3 Å². The highest BCUT2D eigenvalue weighted by atomic mass is 19.4. The molecular weight excluding hydrogens is 369 g/mol. The zero-order chi connectivity index (χ0) is 19.7. The molecule has 140 valence electrons. The third-order valence-electron chi connectivity index (χ3n) is 3.36. The van der Waals surface area contributed by atoms with Gasteiger partial charge in [0.05, 0.1) is 17.7 Å². The highest BCUT2D eigenvalue weighted by Gasteiger charge is 2.81. The molecule has 0 aliphatic heterocycles. The van der Waals surface area contributed by atoms with Gasteiger partial charge in [0.25, 0.3) is 0 Å². The van der Waals surface area contributed by atoms with E-state index in [2.05, 4.69) is 4.74 Å². The van der Waals surface area contributed by atoms with Gasteiger partial charge in [0.1, 0.15) is 0 Å². The summed E-state index contributed by atoms with van der Waals surface area (Å²) < 4.78 is 121. The molecule has 0 spiro atoms. The van der Waals surface area contributed by atoms with Crippen molar-refractivity contribution in [1.82, 2.24) is 0 Å².